The number of halogens is 1. The Kier molecular flexibility index (Phi) is 6.42. The second-order valence-electron chi connectivity index (χ2n) is 7.50. The van der Waals surface area contributed by atoms with E-state index in [0.717, 1.165) is 0 Å². The van der Waals surface area contributed by atoms with Crippen LogP contribution < -0.4 is 20.9 Å². The fourth-order valence-corrected chi connectivity index (χ4v) is 3.58. The third-order valence-corrected chi connectivity index (χ3v) is 5.23. The van der Waals surface area contributed by atoms with Gasteiger partial charge in [-0.3, -0.25) is 9.74 Å². The highest BCUT2D eigenvalue weighted by Crippen LogP contribution is 2.28. The number of hydroxylamine groups is 2. The number of aryl methyl sites for hydroxylation is 1. The number of aromatic nitrogens is 1. The van der Waals surface area contributed by atoms with Crippen LogP contribution in [-0.2, 0) is 16.1 Å². The quantitative estimate of drug-likeness (QED) is 0.702. The Morgan fingerprint density at radius 3 is 2.84 bits per heavy atom. The first-order valence-electron chi connectivity index (χ1n) is 10.3. The number of nitrogens with two attached hydrogens (primary N) is 1. The minimum absolute atomic E-state index is 0.203. The minimum Gasteiger partial charge on any atom is -0.443 e. The Bertz CT molecular complexity index is 985. The fraction of sp³-hybridized carbons (Fsp3) is 0.450. The first-order chi connectivity index (χ1) is 15.4. The van der Waals surface area contributed by atoms with Crippen molar-refractivity contribution in [2.75, 3.05) is 49.1 Å². The standard InChI is InChI=1S/C20H25FN6O5/c1-13-8-14(24-32-13)11-23-19(28)27-5-4-25(6-7-30-27)18-3-2-15(9-17(18)21)26-12-16(10-22)31-20(26)29/h2-3,8-9,16H,4-7,10-12,22H2,1H3,(H,23,28)/t16-/m0/s1. The van der Waals surface area contributed by atoms with Gasteiger partial charge in [-0.25, -0.2) is 19.0 Å². The predicted octanol–water partition coefficient (Wildman–Crippen LogP) is 1.37. The second kappa shape index (κ2) is 9.40. The molecule has 0 saturated carbocycles. The molecule has 3 amide bonds. The monoisotopic (exact) mass is 448 g/mol. The van der Waals surface area contributed by atoms with Gasteiger partial charge in [0.2, 0.25) is 0 Å². The number of rotatable bonds is 5. The lowest BCUT2D eigenvalue weighted by molar-refractivity contribution is -0.104. The number of carbonyl (C=O) groups is 2. The molecular weight excluding hydrogens is 423 g/mol. The molecule has 11 nitrogen and oxygen atoms in total. The molecule has 2 aliphatic rings. The molecule has 2 aromatic rings. The number of hydrogen-bond acceptors (Lipinski definition) is 8. The summed E-state index contributed by atoms with van der Waals surface area (Å²) >= 11 is 0. The Labute approximate surface area is 183 Å². The Balaban J connectivity index is 1.35. The van der Waals surface area contributed by atoms with Crippen LogP contribution in [0.5, 0.6) is 0 Å². The number of hydrogen-bond donors (Lipinski definition) is 2. The SMILES string of the molecule is Cc1cc(CNC(=O)N2CCN(c3ccc(N4C[C@H](CN)OC4=O)cc3F)CCO2)no1. The Hall–Kier alpha value is -3.38. The van der Waals surface area contributed by atoms with Crippen molar-refractivity contribution in [1.29, 1.82) is 0 Å². The van der Waals surface area contributed by atoms with E-state index in [1.807, 2.05) is 0 Å². The number of carbonyl (C=O) groups excluding carboxylic acids is 2. The number of amides is 3. The van der Waals surface area contributed by atoms with Crippen LogP contribution in [0.2, 0.25) is 0 Å². The summed E-state index contributed by atoms with van der Waals surface area (Å²) in [6.45, 7) is 3.67. The van der Waals surface area contributed by atoms with Crippen LogP contribution in [0.25, 0.3) is 0 Å². The molecule has 2 aliphatic heterocycles. The molecular formula is C20H25FN6O5. The van der Waals surface area contributed by atoms with E-state index < -0.39 is 24.0 Å². The summed E-state index contributed by atoms with van der Waals surface area (Å²) in [7, 11) is 0. The predicted molar refractivity (Wildman–Crippen MR) is 111 cm³/mol. The summed E-state index contributed by atoms with van der Waals surface area (Å²) in [4.78, 5) is 33.0. The van der Waals surface area contributed by atoms with E-state index in [9.17, 15) is 14.0 Å². The molecule has 172 valence electrons. The van der Waals surface area contributed by atoms with Gasteiger partial charge in [-0.05, 0) is 25.1 Å². The average Bonchev–Trinajstić information content (AvgIpc) is 3.28. The normalized spacial score (nSPS) is 19.2. The summed E-state index contributed by atoms with van der Waals surface area (Å²) < 4.78 is 25.0. The average molecular weight is 448 g/mol. The second-order valence-corrected chi connectivity index (χ2v) is 7.50. The Morgan fingerprint density at radius 2 is 2.16 bits per heavy atom. The van der Waals surface area contributed by atoms with Gasteiger partial charge in [-0.2, -0.15) is 0 Å². The topological polar surface area (TPSA) is 126 Å². The molecule has 32 heavy (non-hydrogen) atoms. The van der Waals surface area contributed by atoms with Gasteiger partial charge in [0.15, 0.2) is 0 Å². The number of urea groups is 1. The highest BCUT2D eigenvalue weighted by Gasteiger charge is 2.32. The van der Waals surface area contributed by atoms with Crippen molar-refractivity contribution in [3.63, 3.8) is 0 Å². The fourth-order valence-electron chi connectivity index (χ4n) is 3.58. The minimum atomic E-state index is -0.543. The number of nitrogens with zero attached hydrogens (tertiary/aromatic N) is 4. The van der Waals surface area contributed by atoms with Crippen LogP contribution in [0.15, 0.2) is 28.8 Å². The third kappa shape index (κ3) is 4.75. The van der Waals surface area contributed by atoms with E-state index >= 15 is 0 Å². The lowest BCUT2D eigenvalue weighted by atomic mass is 10.2. The van der Waals surface area contributed by atoms with Crippen molar-refractivity contribution in [3.05, 3.63) is 41.5 Å². The van der Waals surface area contributed by atoms with Crippen molar-refractivity contribution >= 4 is 23.5 Å². The maximum Gasteiger partial charge on any atom is 0.414 e. The van der Waals surface area contributed by atoms with Crippen molar-refractivity contribution in [2.45, 2.75) is 19.6 Å². The molecule has 0 unspecified atom stereocenters. The van der Waals surface area contributed by atoms with E-state index in [2.05, 4.69) is 10.5 Å². The smallest absolute Gasteiger partial charge is 0.414 e. The van der Waals surface area contributed by atoms with E-state index in [4.69, 9.17) is 19.8 Å². The molecule has 1 aromatic heterocycles. The van der Waals surface area contributed by atoms with Crippen molar-refractivity contribution < 1.29 is 28.1 Å². The summed E-state index contributed by atoms with van der Waals surface area (Å²) in [5.41, 5.74) is 6.92. The molecule has 2 fully saturated rings. The molecule has 12 heteroatoms. The van der Waals surface area contributed by atoms with Gasteiger partial charge in [0.05, 0.1) is 37.6 Å². The van der Waals surface area contributed by atoms with Crippen LogP contribution in [-0.4, -0.2) is 67.8 Å². The zero-order valence-corrected chi connectivity index (χ0v) is 17.6. The summed E-state index contributed by atoms with van der Waals surface area (Å²) in [6, 6.07) is 5.89. The van der Waals surface area contributed by atoms with Crippen LogP contribution in [0.3, 0.4) is 0 Å². The van der Waals surface area contributed by atoms with Gasteiger partial charge in [0, 0.05) is 25.7 Å². The molecule has 0 radical (unpaired) electrons. The van der Waals surface area contributed by atoms with Gasteiger partial charge in [-0.1, -0.05) is 5.16 Å². The molecule has 4 rings (SSSR count). The third-order valence-electron chi connectivity index (χ3n) is 5.23. The molecule has 3 N–H and O–H groups in total. The number of cyclic esters (lactones) is 1. The zero-order valence-electron chi connectivity index (χ0n) is 17.6. The van der Waals surface area contributed by atoms with Crippen LogP contribution in [0, 0.1) is 12.7 Å². The van der Waals surface area contributed by atoms with Crippen molar-refractivity contribution in [2.24, 2.45) is 5.73 Å². The van der Waals surface area contributed by atoms with E-state index in [1.54, 1.807) is 30.0 Å². The van der Waals surface area contributed by atoms with Crippen molar-refractivity contribution in [1.82, 2.24) is 15.5 Å². The maximum atomic E-state index is 14.9. The van der Waals surface area contributed by atoms with Gasteiger partial charge in [-0.15, -0.1) is 0 Å². The van der Waals surface area contributed by atoms with Crippen LogP contribution in [0.4, 0.5) is 25.4 Å². The zero-order chi connectivity index (χ0) is 22.7. The molecule has 0 bridgehead atoms. The maximum absolute atomic E-state index is 14.9. The highest BCUT2D eigenvalue weighted by molar-refractivity contribution is 5.90. The summed E-state index contributed by atoms with van der Waals surface area (Å²) in [6.07, 6.45) is -0.948. The molecule has 3 heterocycles. The van der Waals surface area contributed by atoms with E-state index in [-0.39, 0.29) is 32.8 Å². The van der Waals surface area contributed by atoms with Gasteiger partial charge < -0.3 is 25.2 Å². The molecule has 2 saturated heterocycles. The summed E-state index contributed by atoms with van der Waals surface area (Å²) in [5, 5.41) is 7.75. The number of nitrogens with one attached hydrogen (secondary N) is 1. The summed E-state index contributed by atoms with van der Waals surface area (Å²) in [5.74, 6) is 0.176. The first kappa shape index (κ1) is 21.8. The first-order valence-corrected chi connectivity index (χ1v) is 10.3. The largest absolute Gasteiger partial charge is 0.443 e. The number of anilines is 2. The number of ether oxygens (including phenoxy) is 1. The Morgan fingerprint density at radius 1 is 1.31 bits per heavy atom. The highest BCUT2D eigenvalue weighted by atomic mass is 19.1. The lowest BCUT2D eigenvalue weighted by Gasteiger charge is -2.24. The molecule has 0 spiro atoms. The van der Waals surface area contributed by atoms with Crippen LogP contribution >= 0.6 is 0 Å². The van der Waals surface area contributed by atoms with E-state index in [1.165, 1.54) is 16.0 Å². The van der Waals surface area contributed by atoms with E-state index in [0.29, 0.717) is 35.9 Å². The van der Waals surface area contributed by atoms with Crippen molar-refractivity contribution in [3.8, 4) is 0 Å². The van der Waals surface area contributed by atoms with Gasteiger partial charge in [0.1, 0.15) is 23.4 Å². The van der Waals surface area contributed by atoms with Gasteiger partial charge in [0.25, 0.3) is 0 Å². The van der Waals surface area contributed by atoms with Gasteiger partial charge >= 0.3 is 12.1 Å². The molecule has 0 aliphatic carbocycles. The molecule has 1 aromatic carbocycles. The molecule has 1 atom stereocenters. The van der Waals surface area contributed by atoms with Crippen LogP contribution in [0.1, 0.15) is 11.5 Å². The lowest BCUT2D eigenvalue weighted by Crippen LogP contribution is -2.41. The number of benzene rings is 1.